The summed E-state index contributed by atoms with van der Waals surface area (Å²) in [6, 6.07) is 0. The minimum absolute atomic E-state index is 0. The Labute approximate surface area is 77.7 Å². The summed E-state index contributed by atoms with van der Waals surface area (Å²) in [5.74, 6) is 0. The van der Waals surface area contributed by atoms with E-state index in [0.717, 1.165) is 13.2 Å². The molecule has 0 spiro atoms. The van der Waals surface area contributed by atoms with E-state index in [-0.39, 0.29) is 45.6 Å². The van der Waals surface area contributed by atoms with Crippen molar-refractivity contribution in [1.29, 1.82) is 0 Å². The number of rotatable bonds is 2. The summed E-state index contributed by atoms with van der Waals surface area (Å²) in [5, 5.41) is 0. The zero-order valence-corrected chi connectivity index (χ0v) is 8.07. The van der Waals surface area contributed by atoms with Crippen molar-refractivity contribution in [3.63, 3.8) is 0 Å². The van der Waals surface area contributed by atoms with E-state index in [2.05, 4.69) is 0 Å². The molecular formula is C4H13BCl3O. The third kappa shape index (κ3) is 50.5. The minimum Gasteiger partial charge on any atom is -0.382 e. The maximum atomic E-state index is 4.83. The predicted molar refractivity (Wildman–Crippen MR) is 49.7 cm³/mol. The van der Waals surface area contributed by atoms with Crippen LogP contribution in [0, 0.1) is 0 Å². The molecule has 0 aromatic rings. The van der Waals surface area contributed by atoms with Crippen molar-refractivity contribution in [1.82, 2.24) is 0 Å². The Morgan fingerprint density at radius 1 is 0.889 bits per heavy atom. The molecule has 0 aliphatic carbocycles. The SMILES string of the molecule is CCOCC.Cl.Cl.Cl.[B]. The highest BCUT2D eigenvalue weighted by molar-refractivity contribution is 5.86. The zero-order chi connectivity index (χ0) is 4.12. The largest absolute Gasteiger partial charge is 0.382 e. The smallest absolute Gasteiger partial charge is 0.0437 e. The fraction of sp³-hybridized carbons (Fsp3) is 1.00. The number of ether oxygens (including phenoxy) is 1. The maximum absolute atomic E-state index is 4.83. The molecule has 0 heterocycles. The van der Waals surface area contributed by atoms with E-state index in [0.29, 0.717) is 0 Å². The van der Waals surface area contributed by atoms with E-state index in [1.54, 1.807) is 0 Å². The van der Waals surface area contributed by atoms with Gasteiger partial charge in [-0.25, -0.2) is 0 Å². The van der Waals surface area contributed by atoms with Gasteiger partial charge in [0.2, 0.25) is 0 Å². The van der Waals surface area contributed by atoms with Crippen molar-refractivity contribution in [2.75, 3.05) is 13.2 Å². The van der Waals surface area contributed by atoms with Gasteiger partial charge in [0, 0.05) is 21.6 Å². The maximum Gasteiger partial charge on any atom is 0.0437 e. The van der Waals surface area contributed by atoms with Crippen molar-refractivity contribution in [3.05, 3.63) is 0 Å². The minimum atomic E-state index is 0. The second-order valence-corrected chi connectivity index (χ2v) is 0.781. The standard InChI is InChI=1S/C4H10O.B.3ClH/c1-3-5-4-2;;;;/h3-4H2,1-2H3;;3*1H. The van der Waals surface area contributed by atoms with Gasteiger partial charge in [-0.2, -0.15) is 0 Å². The molecule has 0 bridgehead atoms. The molecule has 0 saturated carbocycles. The topological polar surface area (TPSA) is 9.23 Å². The van der Waals surface area contributed by atoms with Gasteiger partial charge < -0.3 is 4.74 Å². The Bertz CT molecular complexity index is 23.3. The van der Waals surface area contributed by atoms with Gasteiger partial charge >= 0.3 is 0 Å². The first-order valence-corrected chi connectivity index (χ1v) is 1.99. The number of hydrogen-bond donors (Lipinski definition) is 0. The Balaban J connectivity index is -0.0000000133. The highest BCUT2D eigenvalue weighted by Gasteiger charge is 1.64. The summed E-state index contributed by atoms with van der Waals surface area (Å²) in [6.45, 7) is 5.67. The third-order valence-corrected chi connectivity index (χ3v) is 0.408. The van der Waals surface area contributed by atoms with Gasteiger partial charge in [-0.05, 0) is 13.8 Å². The third-order valence-electron chi connectivity index (χ3n) is 0.408. The van der Waals surface area contributed by atoms with Gasteiger partial charge in [0.1, 0.15) is 0 Å². The number of halogens is 3. The van der Waals surface area contributed by atoms with Crippen LogP contribution in [0.5, 0.6) is 0 Å². The first-order valence-electron chi connectivity index (χ1n) is 1.99. The molecule has 9 heavy (non-hydrogen) atoms. The van der Waals surface area contributed by atoms with E-state index in [9.17, 15) is 0 Å². The van der Waals surface area contributed by atoms with Gasteiger partial charge in [0.25, 0.3) is 0 Å². The quantitative estimate of drug-likeness (QED) is 0.610. The molecule has 5 heteroatoms. The van der Waals surface area contributed by atoms with E-state index < -0.39 is 0 Å². The van der Waals surface area contributed by atoms with Gasteiger partial charge in [-0.3, -0.25) is 0 Å². The van der Waals surface area contributed by atoms with E-state index in [1.165, 1.54) is 0 Å². The van der Waals surface area contributed by atoms with Crippen LogP contribution in [0.15, 0.2) is 0 Å². The average Bonchev–Trinajstić information content (AvgIpc) is 1.41. The van der Waals surface area contributed by atoms with Crippen LogP contribution in [-0.2, 0) is 4.74 Å². The molecule has 0 unspecified atom stereocenters. The molecule has 0 aliphatic heterocycles. The molecule has 0 rings (SSSR count). The molecule has 0 aromatic carbocycles. The Morgan fingerprint density at radius 3 is 1.11 bits per heavy atom. The normalized spacial score (nSPS) is 4.67. The van der Waals surface area contributed by atoms with Crippen LogP contribution in [0.25, 0.3) is 0 Å². The molecule has 0 aliphatic rings. The second kappa shape index (κ2) is 36.5. The lowest BCUT2D eigenvalue weighted by Crippen LogP contribution is -1.84. The summed E-state index contributed by atoms with van der Waals surface area (Å²) in [6.07, 6.45) is 0. The molecule has 3 radical (unpaired) electrons. The Morgan fingerprint density at radius 2 is 1.11 bits per heavy atom. The van der Waals surface area contributed by atoms with Gasteiger partial charge in [0.15, 0.2) is 0 Å². The Hall–Kier alpha value is 0.895. The monoisotopic (exact) mass is 193 g/mol. The molecule has 0 amide bonds. The summed E-state index contributed by atoms with van der Waals surface area (Å²) >= 11 is 0. The lowest BCUT2D eigenvalue weighted by atomic mass is 10.8. The van der Waals surface area contributed by atoms with Crippen molar-refractivity contribution < 1.29 is 4.74 Å². The van der Waals surface area contributed by atoms with E-state index in [1.807, 2.05) is 13.8 Å². The van der Waals surface area contributed by atoms with Crippen LogP contribution < -0.4 is 0 Å². The lowest BCUT2D eigenvalue weighted by molar-refractivity contribution is 0.162. The van der Waals surface area contributed by atoms with Gasteiger partial charge in [-0.1, -0.05) is 0 Å². The van der Waals surface area contributed by atoms with Crippen molar-refractivity contribution >= 4 is 45.6 Å². The predicted octanol–water partition coefficient (Wildman–Crippen LogP) is 1.93. The number of hydrogen-bond acceptors (Lipinski definition) is 1. The van der Waals surface area contributed by atoms with Crippen molar-refractivity contribution in [2.45, 2.75) is 13.8 Å². The van der Waals surface area contributed by atoms with Crippen LogP contribution in [0.3, 0.4) is 0 Å². The summed E-state index contributed by atoms with van der Waals surface area (Å²) in [4.78, 5) is 0. The van der Waals surface area contributed by atoms with Crippen LogP contribution >= 0.6 is 37.2 Å². The molecule has 0 N–H and O–H groups in total. The zero-order valence-electron chi connectivity index (χ0n) is 5.62. The first kappa shape index (κ1) is 32.7. The fourth-order valence-corrected chi connectivity index (χ4v) is 0.204. The van der Waals surface area contributed by atoms with Crippen LogP contribution in [0.1, 0.15) is 13.8 Å². The van der Waals surface area contributed by atoms with Crippen molar-refractivity contribution in [3.8, 4) is 0 Å². The van der Waals surface area contributed by atoms with Crippen LogP contribution in [-0.4, -0.2) is 21.6 Å². The summed E-state index contributed by atoms with van der Waals surface area (Å²) in [5.41, 5.74) is 0. The van der Waals surface area contributed by atoms with Crippen LogP contribution in [0.2, 0.25) is 0 Å². The molecule has 59 valence electrons. The highest BCUT2D eigenvalue weighted by Crippen LogP contribution is 1.64. The van der Waals surface area contributed by atoms with Gasteiger partial charge in [-0.15, -0.1) is 37.2 Å². The van der Waals surface area contributed by atoms with Crippen LogP contribution in [0.4, 0.5) is 0 Å². The molecule has 0 fully saturated rings. The molecular weight excluding hydrogens is 181 g/mol. The first-order chi connectivity index (χ1) is 2.41. The molecule has 1 nitrogen and oxygen atoms in total. The second-order valence-electron chi connectivity index (χ2n) is 0.781. The summed E-state index contributed by atoms with van der Waals surface area (Å²) in [7, 11) is 0. The van der Waals surface area contributed by atoms with E-state index >= 15 is 0 Å². The molecule has 0 atom stereocenters. The molecule has 0 saturated heterocycles. The van der Waals surface area contributed by atoms with Gasteiger partial charge in [0.05, 0.1) is 0 Å². The lowest BCUT2D eigenvalue weighted by Gasteiger charge is -1.86. The fourth-order valence-electron chi connectivity index (χ4n) is 0.204. The van der Waals surface area contributed by atoms with E-state index in [4.69, 9.17) is 4.74 Å². The summed E-state index contributed by atoms with van der Waals surface area (Å²) < 4.78 is 4.83. The molecule has 0 aromatic heterocycles. The average molecular weight is 194 g/mol. The highest BCUT2D eigenvalue weighted by atomic mass is 35.5. The Kier molecular flexibility index (Phi) is 133. The van der Waals surface area contributed by atoms with Crippen molar-refractivity contribution in [2.24, 2.45) is 0 Å².